The summed E-state index contributed by atoms with van der Waals surface area (Å²) in [6.45, 7) is 2.86. The van der Waals surface area contributed by atoms with Gasteiger partial charge in [0.25, 0.3) is 0 Å². The number of amides is 2. The van der Waals surface area contributed by atoms with E-state index in [4.69, 9.17) is 0 Å². The quantitative estimate of drug-likeness (QED) is 0.851. The van der Waals surface area contributed by atoms with Gasteiger partial charge in [0.05, 0.1) is 5.37 Å². The summed E-state index contributed by atoms with van der Waals surface area (Å²) in [6.07, 6.45) is 6.64. The van der Waals surface area contributed by atoms with E-state index in [1.807, 2.05) is 4.90 Å². The summed E-state index contributed by atoms with van der Waals surface area (Å²) in [4.78, 5) is 28.1. The molecule has 3 aliphatic rings. The van der Waals surface area contributed by atoms with Crippen molar-refractivity contribution < 1.29 is 14.7 Å². The Morgan fingerprint density at radius 1 is 1.14 bits per heavy atom. The van der Waals surface area contributed by atoms with Gasteiger partial charge in [0.15, 0.2) is 0 Å². The van der Waals surface area contributed by atoms with Gasteiger partial charge in [-0.1, -0.05) is 12.8 Å². The maximum atomic E-state index is 13.0. The predicted molar refractivity (Wildman–Crippen MR) is 82.3 cm³/mol. The molecule has 2 amide bonds. The van der Waals surface area contributed by atoms with E-state index in [0.717, 1.165) is 45.1 Å². The topological polar surface area (TPSA) is 60.9 Å². The second-order valence-corrected chi connectivity index (χ2v) is 7.65. The average Bonchev–Trinajstić information content (AvgIpc) is 3.22. The standard InChI is InChI=1S/C15H24N2O3S/c1-10-5-3-2-4-8-16(10)15(20)17-12(14(18)19)9-21-13(17)11-6-7-11/h10-13H,2-9H2,1H3,(H,18,19). The molecule has 2 heterocycles. The molecule has 0 bridgehead atoms. The Hall–Kier alpha value is -0.910. The first-order valence-electron chi connectivity index (χ1n) is 8.03. The molecule has 6 heteroatoms. The first-order chi connectivity index (χ1) is 10.1. The van der Waals surface area contributed by atoms with Crippen LogP contribution in [-0.2, 0) is 4.79 Å². The highest BCUT2D eigenvalue weighted by Gasteiger charge is 2.49. The van der Waals surface area contributed by atoms with E-state index in [9.17, 15) is 14.7 Å². The van der Waals surface area contributed by atoms with Gasteiger partial charge in [0.2, 0.25) is 0 Å². The summed E-state index contributed by atoms with van der Waals surface area (Å²) in [5, 5.41) is 9.52. The molecule has 21 heavy (non-hydrogen) atoms. The number of rotatable bonds is 2. The Labute approximate surface area is 130 Å². The predicted octanol–water partition coefficient (Wildman–Crippen LogP) is 2.61. The molecular weight excluding hydrogens is 288 g/mol. The van der Waals surface area contributed by atoms with Crippen molar-refractivity contribution in [2.75, 3.05) is 12.3 Å². The van der Waals surface area contributed by atoms with Crippen molar-refractivity contribution in [1.82, 2.24) is 9.80 Å². The zero-order valence-corrected chi connectivity index (χ0v) is 13.3. The van der Waals surface area contributed by atoms with Crippen LogP contribution in [0.15, 0.2) is 0 Å². The normalized spacial score (nSPS) is 33.9. The van der Waals surface area contributed by atoms with Gasteiger partial charge < -0.3 is 10.0 Å². The van der Waals surface area contributed by atoms with Gasteiger partial charge in [-0.2, -0.15) is 0 Å². The SMILES string of the molecule is CC1CCCCCN1C(=O)N1C(C(=O)O)CSC1C1CC1. The number of carboxylic acids is 1. The number of carboxylic acid groups (broad SMARTS) is 1. The highest BCUT2D eigenvalue weighted by atomic mass is 32.2. The van der Waals surface area contributed by atoms with Gasteiger partial charge in [0.1, 0.15) is 6.04 Å². The molecular formula is C15H24N2O3S. The Morgan fingerprint density at radius 2 is 1.90 bits per heavy atom. The van der Waals surface area contributed by atoms with Crippen molar-refractivity contribution in [3.63, 3.8) is 0 Å². The highest BCUT2D eigenvalue weighted by Crippen LogP contribution is 2.46. The van der Waals surface area contributed by atoms with Crippen molar-refractivity contribution in [2.24, 2.45) is 5.92 Å². The molecule has 0 aromatic carbocycles. The summed E-state index contributed by atoms with van der Waals surface area (Å²) >= 11 is 1.65. The van der Waals surface area contributed by atoms with E-state index in [0.29, 0.717) is 11.7 Å². The van der Waals surface area contributed by atoms with E-state index < -0.39 is 12.0 Å². The van der Waals surface area contributed by atoms with Crippen LogP contribution in [0.2, 0.25) is 0 Å². The number of urea groups is 1. The fraction of sp³-hybridized carbons (Fsp3) is 0.867. The van der Waals surface area contributed by atoms with Gasteiger partial charge in [0, 0.05) is 18.3 Å². The lowest BCUT2D eigenvalue weighted by Gasteiger charge is -2.36. The zero-order chi connectivity index (χ0) is 15.0. The lowest BCUT2D eigenvalue weighted by molar-refractivity contribution is -0.141. The molecule has 118 valence electrons. The van der Waals surface area contributed by atoms with Gasteiger partial charge in [-0.15, -0.1) is 11.8 Å². The van der Waals surface area contributed by atoms with Crippen LogP contribution >= 0.6 is 11.8 Å². The summed E-state index contributed by atoms with van der Waals surface area (Å²) in [7, 11) is 0. The first kappa shape index (κ1) is 15.0. The molecule has 1 aliphatic carbocycles. The van der Waals surface area contributed by atoms with Crippen LogP contribution in [0.1, 0.15) is 45.4 Å². The van der Waals surface area contributed by atoms with Gasteiger partial charge >= 0.3 is 12.0 Å². The summed E-state index contributed by atoms with van der Waals surface area (Å²) in [5.41, 5.74) is 0. The number of aliphatic carboxylic acids is 1. The molecule has 0 radical (unpaired) electrons. The maximum absolute atomic E-state index is 13.0. The summed E-state index contributed by atoms with van der Waals surface area (Å²) in [6, 6.07) is -0.470. The van der Waals surface area contributed by atoms with E-state index >= 15 is 0 Å². The average molecular weight is 312 g/mol. The van der Waals surface area contributed by atoms with E-state index in [2.05, 4.69) is 6.92 Å². The Morgan fingerprint density at radius 3 is 2.57 bits per heavy atom. The van der Waals surface area contributed by atoms with Crippen LogP contribution in [0.25, 0.3) is 0 Å². The van der Waals surface area contributed by atoms with Crippen LogP contribution in [0.3, 0.4) is 0 Å². The minimum Gasteiger partial charge on any atom is -0.480 e. The van der Waals surface area contributed by atoms with E-state index in [1.54, 1.807) is 16.7 Å². The van der Waals surface area contributed by atoms with Crippen molar-refractivity contribution in [3.05, 3.63) is 0 Å². The molecule has 0 aromatic heterocycles. The zero-order valence-electron chi connectivity index (χ0n) is 12.5. The molecule has 0 spiro atoms. The van der Waals surface area contributed by atoms with Gasteiger partial charge in [-0.05, 0) is 38.5 Å². The minimum atomic E-state index is -0.860. The molecule has 2 saturated heterocycles. The van der Waals surface area contributed by atoms with Gasteiger partial charge in [-0.3, -0.25) is 4.90 Å². The first-order valence-corrected chi connectivity index (χ1v) is 9.08. The molecule has 1 saturated carbocycles. The fourth-order valence-corrected chi connectivity index (χ4v) is 5.04. The molecule has 0 aromatic rings. The monoisotopic (exact) mass is 312 g/mol. The number of likely N-dealkylation sites (tertiary alicyclic amines) is 1. The number of thioether (sulfide) groups is 1. The molecule has 1 N–H and O–H groups in total. The molecule has 2 aliphatic heterocycles. The van der Waals surface area contributed by atoms with Crippen molar-refractivity contribution in [1.29, 1.82) is 0 Å². The smallest absolute Gasteiger partial charge is 0.327 e. The number of hydrogen-bond acceptors (Lipinski definition) is 3. The number of hydrogen-bond donors (Lipinski definition) is 1. The number of nitrogens with zero attached hydrogens (tertiary/aromatic N) is 2. The van der Waals surface area contributed by atoms with Crippen LogP contribution in [-0.4, -0.2) is 56.7 Å². The number of carbonyl (C=O) groups is 2. The van der Waals surface area contributed by atoms with Crippen molar-refractivity contribution >= 4 is 23.8 Å². The molecule has 5 nitrogen and oxygen atoms in total. The highest BCUT2D eigenvalue weighted by molar-refractivity contribution is 8.00. The van der Waals surface area contributed by atoms with Crippen LogP contribution in [0.5, 0.6) is 0 Å². The van der Waals surface area contributed by atoms with Crippen LogP contribution in [0, 0.1) is 5.92 Å². The van der Waals surface area contributed by atoms with Crippen LogP contribution < -0.4 is 0 Å². The second-order valence-electron chi connectivity index (χ2n) is 6.50. The summed E-state index contributed by atoms with van der Waals surface area (Å²) in [5.74, 6) is 0.178. The third kappa shape index (κ3) is 3.00. The second kappa shape index (κ2) is 6.07. The van der Waals surface area contributed by atoms with E-state index in [1.165, 1.54) is 0 Å². The van der Waals surface area contributed by atoms with Crippen molar-refractivity contribution in [3.8, 4) is 0 Å². The number of carbonyl (C=O) groups excluding carboxylic acids is 1. The fourth-order valence-electron chi connectivity index (χ4n) is 3.41. The van der Waals surface area contributed by atoms with Crippen LogP contribution in [0.4, 0.5) is 4.79 Å². The maximum Gasteiger partial charge on any atom is 0.327 e. The Kier molecular flexibility index (Phi) is 4.33. The Bertz CT molecular complexity index is 427. The van der Waals surface area contributed by atoms with Crippen molar-refractivity contribution in [2.45, 2.75) is 62.9 Å². The third-order valence-electron chi connectivity index (χ3n) is 4.86. The third-order valence-corrected chi connectivity index (χ3v) is 6.33. The largest absolute Gasteiger partial charge is 0.480 e. The van der Waals surface area contributed by atoms with E-state index in [-0.39, 0.29) is 17.4 Å². The molecule has 3 fully saturated rings. The van der Waals surface area contributed by atoms with Gasteiger partial charge in [-0.25, -0.2) is 9.59 Å². The summed E-state index contributed by atoms with van der Waals surface area (Å²) < 4.78 is 0. The molecule has 3 rings (SSSR count). The molecule has 3 unspecified atom stereocenters. The lowest BCUT2D eigenvalue weighted by Crippen LogP contribution is -2.54. The lowest BCUT2D eigenvalue weighted by atomic mass is 10.1. The Balaban J connectivity index is 1.79. The minimum absolute atomic E-state index is 0.0429. The molecule has 3 atom stereocenters.